The summed E-state index contributed by atoms with van der Waals surface area (Å²) in [7, 11) is -1.95. The number of hydrogen-bond acceptors (Lipinski definition) is 5. The minimum Gasteiger partial charge on any atom is -0.494 e. The summed E-state index contributed by atoms with van der Waals surface area (Å²) in [6, 6.07) is 10.8. The monoisotopic (exact) mass is 597 g/mol. The molecule has 174 valence electrons. The highest BCUT2D eigenvalue weighted by molar-refractivity contribution is 14.1. The molecule has 2 atom stereocenters. The van der Waals surface area contributed by atoms with Crippen LogP contribution in [0, 0.1) is 17.4 Å². The van der Waals surface area contributed by atoms with Gasteiger partial charge in [-0.05, 0) is 72.9 Å². The minimum atomic E-state index is -3.45. The summed E-state index contributed by atoms with van der Waals surface area (Å²) in [6.45, 7) is 4.10. The van der Waals surface area contributed by atoms with Crippen LogP contribution in [0.3, 0.4) is 0 Å². The summed E-state index contributed by atoms with van der Waals surface area (Å²) < 4.78 is 32.6. The predicted octanol–water partition coefficient (Wildman–Crippen LogP) is 4.19. The Balaban J connectivity index is 1.86. The molecule has 11 heteroatoms. The number of aryl methyl sites for hydroxylation is 2. The van der Waals surface area contributed by atoms with Crippen molar-refractivity contribution in [2.24, 2.45) is 0 Å². The lowest BCUT2D eigenvalue weighted by molar-refractivity contribution is 0.417. The van der Waals surface area contributed by atoms with Gasteiger partial charge in [0, 0.05) is 38.5 Å². The van der Waals surface area contributed by atoms with Crippen molar-refractivity contribution in [1.82, 2.24) is 15.3 Å². The number of aromatic nitrogens is 2. The quantitative estimate of drug-likeness (QED) is 0.290. The third-order valence-electron chi connectivity index (χ3n) is 5.50. The van der Waals surface area contributed by atoms with Crippen LogP contribution < -0.4 is 19.7 Å². The van der Waals surface area contributed by atoms with E-state index in [-0.39, 0.29) is 12.1 Å². The van der Waals surface area contributed by atoms with E-state index in [0.717, 1.165) is 38.2 Å². The lowest BCUT2D eigenvalue weighted by Gasteiger charge is -2.29. The standard InChI is InChI=1S/C22H24IN5O3S2/c1-12-18(19(23)13(2)25-12)21-20(16-7-5-6-10-24-16)26-22(32)28(21)14-8-9-15(17(11-14)31-3)27-33(4,29)30/h5-11,20-21,25,27H,1-4H3,(H,26,32)/t20-,21-/m1/s1. The molecule has 3 aromatic rings. The summed E-state index contributed by atoms with van der Waals surface area (Å²) in [5.74, 6) is 0.400. The number of benzene rings is 1. The maximum Gasteiger partial charge on any atom is 0.229 e. The summed E-state index contributed by atoms with van der Waals surface area (Å²) in [5.41, 5.74) is 5.30. The number of sulfonamides is 1. The van der Waals surface area contributed by atoms with Crippen molar-refractivity contribution in [3.05, 3.63) is 68.8 Å². The smallest absolute Gasteiger partial charge is 0.229 e. The summed E-state index contributed by atoms with van der Waals surface area (Å²) in [5, 5.41) is 4.00. The number of nitrogens with zero attached hydrogens (tertiary/aromatic N) is 2. The number of rotatable bonds is 6. The Labute approximate surface area is 212 Å². The van der Waals surface area contributed by atoms with Crippen LogP contribution in [0.15, 0.2) is 42.6 Å². The van der Waals surface area contributed by atoms with E-state index < -0.39 is 10.0 Å². The molecule has 1 aromatic carbocycles. The molecule has 0 bridgehead atoms. The van der Waals surface area contributed by atoms with E-state index in [4.69, 9.17) is 17.0 Å². The molecule has 0 amide bonds. The van der Waals surface area contributed by atoms with Crippen molar-refractivity contribution in [3.63, 3.8) is 0 Å². The van der Waals surface area contributed by atoms with Crippen LogP contribution in [-0.2, 0) is 10.0 Å². The van der Waals surface area contributed by atoms with E-state index in [9.17, 15) is 8.42 Å². The zero-order chi connectivity index (χ0) is 23.9. The van der Waals surface area contributed by atoms with Crippen LogP contribution in [0.1, 0.15) is 34.7 Å². The van der Waals surface area contributed by atoms with Crippen molar-refractivity contribution >= 4 is 61.3 Å². The number of pyridine rings is 1. The molecule has 3 N–H and O–H groups in total. The first-order valence-electron chi connectivity index (χ1n) is 10.1. The SMILES string of the molecule is COc1cc(N2C(=S)N[C@H](c3ccccn3)[C@H]2c2c(C)[nH]c(C)c2I)ccc1NS(C)(=O)=O. The van der Waals surface area contributed by atoms with Crippen molar-refractivity contribution in [3.8, 4) is 5.75 Å². The first-order valence-corrected chi connectivity index (χ1v) is 13.5. The van der Waals surface area contributed by atoms with Gasteiger partial charge in [0.05, 0.1) is 36.8 Å². The molecule has 0 radical (unpaired) electrons. The highest BCUT2D eigenvalue weighted by atomic mass is 127. The van der Waals surface area contributed by atoms with Gasteiger partial charge in [-0.3, -0.25) is 9.71 Å². The molecule has 8 nitrogen and oxygen atoms in total. The molecular formula is C22H24IN5O3S2. The predicted molar refractivity (Wildman–Crippen MR) is 142 cm³/mol. The number of nitrogens with one attached hydrogen (secondary N) is 3. The Morgan fingerprint density at radius 2 is 1.97 bits per heavy atom. The molecule has 2 aromatic heterocycles. The van der Waals surface area contributed by atoms with Crippen molar-refractivity contribution in [1.29, 1.82) is 0 Å². The van der Waals surface area contributed by atoms with Crippen LogP contribution in [0.5, 0.6) is 5.75 Å². The Kier molecular flexibility index (Phi) is 6.56. The van der Waals surface area contributed by atoms with Gasteiger partial charge < -0.3 is 19.9 Å². The highest BCUT2D eigenvalue weighted by Crippen LogP contribution is 2.45. The third-order valence-corrected chi connectivity index (χ3v) is 7.79. The molecule has 4 rings (SSSR count). The average Bonchev–Trinajstić information content (AvgIpc) is 3.22. The molecular weight excluding hydrogens is 573 g/mol. The Morgan fingerprint density at radius 3 is 2.55 bits per heavy atom. The van der Waals surface area contributed by atoms with Gasteiger partial charge in [-0.25, -0.2) is 8.42 Å². The molecule has 0 unspecified atom stereocenters. The number of aromatic amines is 1. The van der Waals surface area contributed by atoms with Crippen LogP contribution in [0.25, 0.3) is 0 Å². The van der Waals surface area contributed by atoms with E-state index in [1.54, 1.807) is 18.3 Å². The second-order valence-electron chi connectivity index (χ2n) is 7.86. The van der Waals surface area contributed by atoms with Crippen molar-refractivity contribution in [2.75, 3.05) is 23.0 Å². The fourth-order valence-electron chi connectivity index (χ4n) is 4.16. The maximum atomic E-state index is 11.8. The Morgan fingerprint density at radius 1 is 1.21 bits per heavy atom. The number of ether oxygens (including phenoxy) is 1. The second-order valence-corrected chi connectivity index (χ2v) is 11.1. The summed E-state index contributed by atoms with van der Waals surface area (Å²) in [6.07, 6.45) is 2.88. The van der Waals surface area contributed by atoms with E-state index in [1.807, 2.05) is 36.1 Å². The first kappa shape index (κ1) is 23.8. The van der Waals surface area contributed by atoms with Crippen LogP contribution >= 0.6 is 34.8 Å². The number of thiocarbonyl (C=S) groups is 1. The number of methoxy groups -OCH3 is 1. The van der Waals surface area contributed by atoms with Gasteiger partial charge in [0.15, 0.2) is 5.11 Å². The number of anilines is 2. The van der Waals surface area contributed by atoms with Gasteiger partial charge in [0.2, 0.25) is 10.0 Å². The zero-order valence-electron chi connectivity index (χ0n) is 18.5. The largest absolute Gasteiger partial charge is 0.494 e. The van der Waals surface area contributed by atoms with Crippen LogP contribution in [0.4, 0.5) is 11.4 Å². The van der Waals surface area contributed by atoms with Gasteiger partial charge in [0.1, 0.15) is 5.75 Å². The molecule has 1 aliphatic rings. The molecule has 3 heterocycles. The summed E-state index contributed by atoms with van der Waals surface area (Å²) >= 11 is 8.16. The van der Waals surface area contributed by atoms with Crippen LogP contribution in [-0.4, -0.2) is 36.9 Å². The van der Waals surface area contributed by atoms with Gasteiger partial charge in [-0.1, -0.05) is 6.07 Å². The van der Waals surface area contributed by atoms with Gasteiger partial charge in [-0.15, -0.1) is 0 Å². The first-order chi connectivity index (χ1) is 15.6. The lowest BCUT2D eigenvalue weighted by Crippen LogP contribution is -2.30. The van der Waals surface area contributed by atoms with Crippen LogP contribution in [0.2, 0.25) is 0 Å². The molecule has 1 aliphatic heterocycles. The van der Waals surface area contributed by atoms with Crippen molar-refractivity contribution < 1.29 is 13.2 Å². The number of H-pyrrole nitrogens is 1. The Bertz CT molecular complexity index is 1310. The van der Waals surface area contributed by atoms with E-state index in [0.29, 0.717) is 16.5 Å². The molecule has 0 saturated carbocycles. The Hall–Kier alpha value is -2.38. The zero-order valence-corrected chi connectivity index (χ0v) is 22.3. The van der Waals surface area contributed by atoms with Gasteiger partial charge in [-0.2, -0.15) is 0 Å². The topological polar surface area (TPSA) is 99.3 Å². The lowest BCUT2D eigenvalue weighted by atomic mass is 9.96. The van der Waals surface area contributed by atoms with Crippen molar-refractivity contribution in [2.45, 2.75) is 25.9 Å². The normalized spacial score (nSPS) is 18.3. The van der Waals surface area contributed by atoms with E-state index in [1.165, 1.54) is 7.11 Å². The molecule has 33 heavy (non-hydrogen) atoms. The molecule has 1 saturated heterocycles. The fraction of sp³-hybridized carbons (Fsp3) is 0.273. The molecule has 0 aliphatic carbocycles. The summed E-state index contributed by atoms with van der Waals surface area (Å²) in [4.78, 5) is 10.1. The van der Waals surface area contributed by atoms with Gasteiger partial charge in [0.25, 0.3) is 0 Å². The second kappa shape index (κ2) is 9.11. The molecule has 1 fully saturated rings. The van der Waals surface area contributed by atoms with E-state index >= 15 is 0 Å². The molecule has 0 spiro atoms. The number of hydrogen-bond donors (Lipinski definition) is 3. The van der Waals surface area contributed by atoms with Gasteiger partial charge >= 0.3 is 0 Å². The number of halogens is 1. The minimum absolute atomic E-state index is 0.178. The van der Waals surface area contributed by atoms with E-state index in [2.05, 4.69) is 49.5 Å². The third kappa shape index (κ3) is 4.66. The highest BCUT2D eigenvalue weighted by Gasteiger charge is 2.43. The fourth-order valence-corrected chi connectivity index (χ4v) is 5.93. The average molecular weight is 598 g/mol. The maximum absolute atomic E-state index is 11.8.